The van der Waals surface area contributed by atoms with Crippen molar-refractivity contribution >= 4 is 16.8 Å². The van der Waals surface area contributed by atoms with Gasteiger partial charge in [0, 0.05) is 24.5 Å². The molecule has 0 fully saturated rings. The summed E-state index contributed by atoms with van der Waals surface area (Å²) in [5, 5.41) is 10.7. The Hall–Kier alpha value is -2.76. The monoisotopic (exact) mass is 241 g/mol. The summed E-state index contributed by atoms with van der Waals surface area (Å²) in [5.74, 6) is 0.401. The van der Waals surface area contributed by atoms with Crippen LogP contribution in [0.25, 0.3) is 22.6 Å². The Balaban J connectivity index is 2.14. The van der Waals surface area contributed by atoms with Gasteiger partial charge in [0.05, 0.1) is 10.5 Å². The highest BCUT2D eigenvalue weighted by atomic mass is 16.6. The number of nitrogens with zero attached hydrogens (tertiary/aromatic N) is 3. The Bertz CT molecular complexity index is 722. The third-order valence-electron chi connectivity index (χ3n) is 2.49. The van der Waals surface area contributed by atoms with Gasteiger partial charge in [0.1, 0.15) is 5.52 Å². The Morgan fingerprint density at radius 3 is 2.89 bits per heavy atom. The summed E-state index contributed by atoms with van der Waals surface area (Å²) in [5.41, 5.74) is 1.70. The lowest BCUT2D eigenvalue weighted by Gasteiger charge is -1.90. The third-order valence-corrected chi connectivity index (χ3v) is 2.49. The molecule has 3 aromatic rings. The number of aromatic nitrogens is 2. The summed E-state index contributed by atoms with van der Waals surface area (Å²) in [6, 6.07) is 7.90. The van der Waals surface area contributed by atoms with Gasteiger partial charge in [-0.3, -0.25) is 15.1 Å². The molecule has 0 spiro atoms. The van der Waals surface area contributed by atoms with Crippen LogP contribution in [0.5, 0.6) is 0 Å². The number of nitro groups is 1. The van der Waals surface area contributed by atoms with Gasteiger partial charge in [-0.1, -0.05) is 0 Å². The molecule has 2 aromatic heterocycles. The molecule has 0 amide bonds. The lowest BCUT2D eigenvalue weighted by molar-refractivity contribution is -0.384. The zero-order valence-electron chi connectivity index (χ0n) is 9.11. The molecule has 0 atom stereocenters. The van der Waals surface area contributed by atoms with E-state index in [9.17, 15) is 10.1 Å². The second-order valence-electron chi connectivity index (χ2n) is 3.67. The molecule has 0 aliphatic heterocycles. The molecule has 0 bridgehead atoms. The van der Waals surface area contributed by atoms with Crippen LogP contribution in [0.4, 0.5) is 5.69 Å². The highest BCUT2D eigenvalue weighted by Crippen LogP contribution is 2.26. The van der Waals surface area contributed by atoms with E-state index in [1.165, 1.54) is 12.1 Å². The van der Waals surface area contributed by atoms with E-state index < -0.39 is 4.92 Å². The van der Waals surface area contributed by atoms with Crippen LogP contribution in [0.2, 0.25) is 0 Å². The summed E-state index contributed by atoms with van der Waals surface area (Å²) in [6.07, 6.45) is 3.27. The predicted molar refractivity (Wildman–Crippen MR) is 63.9 cm³/mol. The maximum Gasteiger partial charge on any atom is 0.271 e. The maximum atomic E-state index is 10.7. The Labute approximate surface area is 101 Å². The van der Waals surface area contributed by atoms with Crippen molar-refractivity contribution in [2.24, 2.45) is 0 Å². The first-order valence-electron chi connectivity index (χ1n) is 5.19. The topological polar surface area (TPSA) is 82.1 Å². The number of oxazole rings is 1. The summed E-state index contributed by atoms with van der Waals surface area (Å²) in [4.78, 5) is 18.4. The molecule has 18 heavy (non-hydrogen) atoms. The van der Waals surface area contributed by atoms with Gasteiger partial charge in [-0.2, -0.15) is 0 Å². The molecule has 0 aliphatic rings. The average Bonchev–Trinajstić information content (AvgIpc) is 2.82. The molecule has 3 rings (SSSR count). The number of pyridine rings is 1. The molecule has 6 heteroatoms. The number of benzene rings is 1. The maximum absolute atomic E-state index is 10.7. The number of nitro benzene ring substituents is 1. The number of hydrogen-bond acceptors (Lipinski definition) is 5. The Kier molecular flexibility index (Phi) is 2.26. The van der Waals surface area contributed by atoms with Crippen molar-refractivity contribution in [3.63, 3.8) is 0 Å². The predicted octanol–water partition coefficient (Wildman–Crippen LogP) is 2.80. The van der Waals surface area contributed by atoms with Gasteiger partial charge >= 0.3 is 0 Å². The van der Waals surface area contributed by atoms with Crippen LogP contribution in [0.3, 0.4) is 0 Å². The molecule has 0 radical (unpaired) electrons. The van der Waals surface area contributed by atoms with Crippen molar-refractivity contribution < 1.29 is 9.34 Å². The van der Waals surface area contributed by atoms with Crippen LogP contribution < -0.4 is 0 Å². The van der Waals surface area contributed by atoms with Crippen LogP contribution in [-0.2, 0) is 0 Å². The van der Waals surface area contributed by atoms with Crippen molar-refractivity contribution in [2.45, 2.75) is 0 Å². The molecule has 1 aromatic carbocycles. The minimum atomic E-state index is -0.460. The van der Waals surface area contributed by atoms with Gasteiger partial charge in [-0.05, 0) is 18.2 Å². The van der Waals surface area contributed by atoms with Crippen molar-refractivity contribution in [3.05, 3.63) is 52.8 Å². The van der Waals surface area contributed by atoms with E-state index in [2.05, 4.69) is 9.97 Å². The second kappa shape index (κ2) is 3.92. The Morgan fingerprint density at radius 2 is 2.17 bits per heavy atom. The molecule has 88 valence electrons. The number of non-ortho nitro benzene ring substituents is 1. The molecular formula is C12H7N3O3. The van der Waals surface area contributed by atoms with Gasteiger partial charge in [0.15, 0.2) is 5.58 Å². The van der Waals surface area contributed by atoms with Crippen LogP contribution in [0, 0.1) is 10.1 Å². The molecule has 0 unspecified atom stereocenters. The van der Waals surface area contributed by atoms with Crippen LogP contribution in [-0.4, -0.2) is 14.9 Å². The SMILES string of the molecule is O=[N+]([O-])c1ccc2oc(-c3cccnc3)nc2c1. The minimum absolute atomic E-state index is 0.00598. The van der Waals surface area contributed by atoms with Crippen molar-refractivity contribution in [3.8, 4) is 11.5 Å². The minimum Gasteiger partial charge on any atom is -0.436 e. The lowest BCUT2D eigenvalue weighted by Crippen LogP contribution is -1.86. The van der Waals surface area contributed by atoms with E-state index in [0.717, 1.165) is 5.56 Å². The van der Waals surface area contributed by atoms with Crippen LogP contribution in [0.1, 0.15) is 0 Å². The zero-order valence-corrected chi connectivity index (χ0v) is 9.11. The average molecular weight is 241 g/mol. The number of fused-ring (bicyclic) bond motifs is 1. The van der Waals surface area contributed by atoms with E-state index >= 15 is 0 Å². The fourth-order valence-corrected chi connectivity index (χ4v) is 1.64. The molecule has 6 nitrogen and oxygen atoms in total. The van der Waals surface area contributed by atoms with E-state index in [1.54, 1.807) is 24.5 Å². The fourth-order valence-electron chi connectivity index (χ4n) is 1.64. The molecule has 0 aliphatic carbocycles. The van der Waals surface area contributed by atoms with E-state index in [1.807, 2.05) is 6.07 Å². The normalized spacial score (nSPS) is 10.7. The third kappa shape index (κ3) is 1.69. The Morgan fingerprint density at radius 1 is 1.28 bits per heavy atom. The first-order chi connectivity index (χ1) is 8.74. The standard InChI is InChI=1S/C12H7N3O3/c16-15(17)9-3-4-11-10(6-9)14-12(18-11)8-2-1-5-13-7-8/h1-7H. The van der Waals surface area contributed by atoms with E-state index in [0.29, 0.717) is 17.0 Å². The summed E-state index contributed by atoms with van der Waals surface area (Å²) < 4.78 is 5.52. The molecule has 0 N–H and O–H groups in total. The summed E-state index contributed by atoms with van der Waals surface area (Å²) >= 11 is 0. The summed E-state index contributed by atoms with van der Waals surface area (Å²) in [7, 11) is 0. The number of rotatable bonds is 2. The first-order valence-corrected chi connectivity index (χ1v) is 5.19. The van der Waals surface area contributed by atoms with Gasteiger partial charge in [0.2, 0.25) is 5.89 Å². The highest BCUT2D eigenvalue weighted by molar-refractivity contribution is 5.78. The first kappa shape index (κ1) is 10.4. The number of hydrogen-bond donors (Lipinski definition) is 0. The van der Waals surface area contributed by atoms with Gasteiger partial charge in [0.25, 0.3) is 5.69 Å². The van der Waals surface area contributed by atoms with E-state index in [-0.39, 0.29) is 5.69 Å². The molecule has 2 heterocycles. The van der Waals surface area contributed by atoms with Gasteiger partial charge in [-0.15, -0.1) is 0 Å². The van der Waals surface area contributed by atoms with Crippen LogP contribution in [0.15, 0.2) is 47.1 Å². The smallest absolute Gasteiger partial charge is 0.271 e. The lowest BCUT2D eigenvalue weighted by atomic mass is 10.3. The van der Waals surface area contributed by atoms with Crippen molar-refractivity contribution in [1.82, 2.24) is 9.97 Å². The van der Waals surface area contributed by atoms with Crippen molar-refractivity contribution in [1.29, 1.82) is 0 Å². The fraction of sp³-hybridized carbons (Fsp3) is 0. The largest absolute Gasteiger partial charge is 0.436 e. The van der Waals surface area contributed by atoms with Gasteiger partial charge < -0.3 is 4.42 Å². The van der Waals surface area contributed by atoms with E-state index in [4.69, 9.17) is 4.42 Å². The molecular weight excluding hydrogens is 234 g/mol. The van der Waals surface area contributed by atoms with Gasteiger partial charge in [-0.25, -0.2) is 4.98 Å². The van der Waals surface area contributed by atoms with Crippen molar-refractivity contribution in [2.75, 3.05) is 0 Å². The molecule has 0 saturated heterocycles. The second-order valence-corrected chi connectivity index (χ2v) is 3.67. The highest BCUT2D eigenvalue weighted by Gasteiger charge is 2.12. The molecule has 0 saturated carbocycles. The zero-order chi connectivity index (χ0) is 12.5. The summed E-state index contributed by atoms with van der Waals surface area (Å²) in [6.45, 7) is 0. The quantitative estimate of drug-likeness (QED) is 0.509. The van der Waals surface area contributed by atoms with Crippen LogP contribution >= 0.6 is 0 Å².